The summed E-state index contributed by atoms with van der Waals surface area (Å²) >= 11 is 3.39. The molecule has 0 aliphatic heterocycles. The van der Waals surface area contributed by atoms with Crippen LogP contribution in [0.2, 0.25) is 0 Å². The molecule has 0 spiro atoms. The number of aromatic nitrogens is 2. The second kappa shape index (κ2) is 8.98. The second-order valence-corrected chi connectivity index (χ2v) is 7.51. The van der Waals surface area contributed by atoms with Gasteiger partial charge in [-0.1, -0.05) is 22.0 Å². The molecule has 1 heterocycles. The molecular formula is C20H16BrN5O6. The predicted octanol–water partition coefficient (Wildman–Crippen LogP) is 2.28. The Balaban J connectivity index is 1.96. The van der Waals surface area contributed by atoms with Crippen LogP contribution in [0, 0.1) is 24.0 Å². The molecule has 3 aromatic rings. The predicted molar refractivity (Wildman–Crippen MR) is 120 cm³/mol. The van der Waals surface area contributed by atoms with Gasteiger partial charge in [0.1, 0.15) is 5.56 Å². The number of carbonyl (C=O) groups is 1. The molecule has 32 heavy (non-hydrogen) atoms. The van der Waals surface area contributed by atoms with Gasteiger partial charge in [-0.25, -0.2) is 14.8 Å². The second-order valence-electron chi connectivity index (χ2n) is 6.66. The minimum absolute atomic E-state index is 0.0274. The zero-order valence-corrected chi connectivity index (χ0v) is 18.3. The molecule has 164 valence electrons. The molecule has 0 aliphatic rings. The molecular weight excluding hydrogens is 486 g/mol. The van der Waals surface area contributed by atoms with Crippen LogP contribution >= 0.6 is 15.9 Å². The van der Waals surface area contributed by atoms with Crippen LogP contribution in [0.25, 0.3) is 5.69 Å². The average Bonchev–Trinajstić information content (AvgIpc) is 2.75. The van der Waals surface area contributed by atoms with Crippen molar-refractivity contribution in [3.05, 3.63) is 94.1 Å². The summed E-state index contributed by atoms with van der Waals surface area (Å²) in [6, 6.07) is 8.27. The molecule has 0 bridgehead atoms. The number of benzene rings is 2. The lowest BCUT2D eigenvalue weighted by Crippen LogP contribution is -2.32. The first-order valence-electron chi connectivity index (χ1n) is 9.04. The van der Waals surface area contributed by atoms with Crippen molar-refractivity contribution in [1.29, 1.82) is 0 Å². The summed E-state index contributed by atoms with van der Waals surface area (Å²) in [4.78, 5) is 49.1. The number of amides is 1. The lowest BCUT2D eigenvalue weighted by atomic mass is 10.1. The van der Waals surface area contributed by atoms with Crippen LogP contribution < -0.4 is 16.7 Å². The molecule has 0 saturated carbocycles. The lowest BCUT2D eigenvalue weighted by molar-refractivity contribution is -0.384. The summed E-state index contributed by atoms with van der Waals surface area (Å²) in [5.41, 5.74) is 1.55. The van der Waals surface area contributed by atoms with Crippen LogP contribution in [0.3, 0.4) is 0 Å². The molecule has 12 heteroatoms. The van der Waals surface area contributed by atoms with Gasteiger partial charge in [0.15, 0.2) is 0 Å². The Bertz CT molecular complexity index is 1390. The Labute approximate surface area is 188 Å². The highest BCUT2D eigenvalue weighted by Crippen LogP contribution is 2.26. The molecule has 1 amide bonds. The Morgan fingerprint density at radius 2 is 1.97 bits per heavy atom. The van der Waals surface area contributed by atoms with E-state index in [9.17, 15) is 29.6 Å². The largest absolute Gasteiger partial charge is 0.493 e. The number of nitrogens with one attached hydrogen (secondary N) is 2. The molecule has 0 aliphatic carbocycles. The van der Waals surface area contributed by atoms with Crippen LogP contribution in [-0.4, -0.2) is 31.7 Å². The van der Waals surface area contributed by atoms with E-state index in [1.807, 2.05) is 6.92 Å². The third kappa shape index (κ3) is 4.34. The van der Waals surface area contributed by atoms with Crippen LogP contribution in [-0.2, 0) is 0 Å². The van der Waals surface area contributed by atoms with Crippen LogP contribution in [0.1, 0.15) is 27.0 Å². The van der Waals surface area contributed by atoms with Crippen molar-refractivity contribution in [2.75, 3.05) is 0 Å². The highest BCUT2D eigenvalue weighted by Gasteiger charge is 2.17. The van der Waals surface area contributed by atoms with Crippen molar-refractivity contribution in [3.63, 3.8) is 0 Å². The fourth-order valence-electron chi connectivity index (χ4n) is 2.87. The van der Waals surface area contributed by atoms with E-state index in [1.54, 1.807) is 19.1 Å². The fourth-order valence-corrected chi connectivity index (χ4v) is 3.30. The summed E-state index contributed by atoms with van der Waals surface area (Å²) in [7, 11) is 0. The standard InChI is InChI=1S/C20H16BrN5O6/c1-10-11(2)16(7-6-15(10)21)25-19(29)14(18(28)23-20(25)30)9-22-24-17(27)12-4-3-5-13(8-12)26(31)32/h3-9,29H,1-2H3,(H,24,27)(H,23,28,30). The summed E-state index contributed by atoms with van der Waals surface area (Å²) in [5, 5.41) is 25.1. The number of aromatic hydroxyl groups is 1. The molecule has 3 rings (SSSR count). The van der Waals surface area contributed by atoms with Crippen molar-refractivity contribution in [2.24, 2.45) is 5.10 Å². The normalized spacial score (nSPS) is 11.0. The number of nitro groups is 1. The van der Waals surface area contributed by atoms with Gasteiger partial charge < -0.3 is 5.11 Å². The summed E-state index contributed by atoms with van der Waals surface area (Å²) in [5.74, 6) is -1.44. The van der Waals surface area contributed by atoms with E-state index in [1.165, 1.54) is 18.2 Å². The Hall–Kier alpha value is -4.06. The molecule has 11 nitrogen and oxygen atoms in total. The van der Waals surface area contributed by atoms with Crippen molar-refractivity contribution in [3.8, 4) is 11.6 Å². The Morgan fingerprint density at radius 1 is 1.25 bits per heavy atom. The third-order valence-corrected chi connectivity index (χ3v) is 5.59. The molecule has 1 aromatic heterocycles. The highest BCUT2D eigenvalue weighted by atomic mass is 79.9. The van der Waals surface area contributed by atoms with E-state index >= 15 is 0 Å². The highest BCUT2D eigenvalue weighted by molar-refractivity contribution is 9.10. The summed E-state index contributed by atoms with van der Waals surface area (Å²) in [6.07, 6.45) is 0.875. The van der Waals surface area contributed by atoms with Gasteiger partial charge in [0.2, 0.25) is 5.88 Å². The smallest absolute Gasteiger partial charge is 0.335 e. The number of carbonyl (C=O) groups excluding carboxylic acids is 1. The Kier molecular flexibility index (Phi) is 6.35. The Morgan fingerprint density at radius 3 is 2.66 bits per heavy atom. The number of nitrogens with zero attached hydrogens (tertiary/aromatic N) is 3. The molecule has 0 radical (unpaired) electrons. The summed E-state index contributed by atoms with van der Waals surface area (Å²) in [6.45, 7) is 3.57. The molecule has 0 fully saturated rings. The summed E-state index contributed by atoms with van der Waals surface area (Å²) < 4.78 is 1.72. The zero-order valence-electron chi connectivity index (χ0n) is 16.7. The maximum atomic E-state index is 12.4. The van der Waals surface area contributed by atoms with Crippen molar-refractivity contribution >= 4 is 33.7 Å². The lowest BCUT2D eigenvalue weighted by Gasteiger charge is -2.14. The molecule has 2 aromatic carbocycles. The first-order valence-corrected chi connectivity index (χ1v) is 9.83. The number of non-ortho nitro benzene ring substituents is 1. The van der Waals surface area contributed by atoms with Crippen LogP contribution in [0.15, 0.2) is 55.6 Å². The first-order chi connectivity index (χ1) is 15.1. The number of rotatable bonds is 5. The van der Waals surface area contributed by atoms with E-state index in [0.717, 1.165) is 26.9 Å². The average molecular weight is 502 g/mol. The van der Waals surface area contributed by atoms with Crippen LogP contribution in [0.4, 0.5) is 5.69 Å². The van der Waals surface area contributed by atoms with E-state index < -0.39 is 28.0 Å². The number of halogens is 1. The monoisotopic (exact) mass is 501 g/mol. The van der Waals surface area contributed by atoms with Crippen molar-refractivity contribution < 1.29 is 14.8 Å². The van der Waals surface area contributed by atoms with E-state index in [2.05, 4.69) is 31.4 Å². The number of aromatic amines is 1. The quantitative estimate of drug-likeness (QED) is 0.276. The number of hydrogen-bond donors (Lipinski definition) is 3. The minimum Gasteiger partial charge on any atom is -0.493 e. The van der Waals surface area contributed by atoms with Gasteiger partial charge in [-0.3, -0.25) is 24.7 Å². The number of nitro benzene ring substituents is 1. The number of hydrazone groups is 1. The number of H-pyrrole nitrogens is 1. The van der Waals surface area contributed by atoms with Gasteiger partial charge in [0.25, 0.3) is 17.2 Å². The maximum absolute atomic E-state index is 12.4. The SMILES string of the molecule is Cc1c(Br)ccc(-n2c(O)c(C=NNC(=O)c3cccc([N+](=O)[O-])c3)c(=O)[nH]c2=O)c1C. The van der Waals surface area contributed by atoms with Crippen LogP contribution in [0.5, 0.6) is 5.88 Å². The van der Waals surface area contributed by atoms with Gasteiger partial charge in [0, 0.05) is 22.2 Å². The first kappa shape index (κ1) is 22.6. The van der Waals surface area contributed by atoms with Crippen molar-refractivity contribution in [2.45, 2.75) is 13.8 Å². The maximum Gasteiger partial charge on any atom is 0.335 e. The molecule has 0 atom stereocenters. The van der Waals surface area contributed by atoms with Gasteiger partial charge in [-0.15, -0.1) is 0 Å². The topological polar surface area (TPSA) is 160 Å². The fraction of sp³-hybridized carbons (Fsp3) is 0.100. The van der Waals surface area contributed by atoms with E-state index in [-0.39, 0.29) is 16.8 Å². The third-order valence-electron chi connectivity index (χ3n) is 4.73. The zero-order chi connectivity index (χ0) is 23.6. The molecule has 0 unspecified atom stereocenters. The van der Waals surface area contributed by atoms with E-state index in [0.29, 0.717) is 11.3 Å². The van der Waals surface area contributed by atoms with Gasteiger partial charge in [0.05, 0.1) is 16.8 Å². The van der Waals surface area contributed by atoms with Gasteiger partial charge in [-0.2, -0.15) is 5.10 Å². The van der Waals surface area contributed by atoms with E-state index in [4.69, 9.17) is 0 Å². The van der Waals surface area contributed by atoms with Crippen molar-refractivity contribution in [1.82, 2.24) is 15.0 Å². The van der Waals surface area contributed by atoms with Gasteiger partial charge >= 0.3 is 5.69 Å². The minimum atomic E-state index is -0.913. The van der Waals surface area contributed by atoms with Gasteiger partial charge in [-0.05, 0) is 43.2 Å². The molecule has 3 N–H and O–H groups in total. The molecule has 0 saturated heterocycles. The number of hydrogen-bond acceptors (Lipinski definition) is 7.